The number of likely N-dealkylation sites (tertiary alicyclic amines) is 1. The Morgan fingerprint density at radius 1 is 1.26 bits per heavy atom. The van der Waals surface area contributed by atoms with Gasteiger partial charge in [-0.25, -0.2) is 0 Å². The highest BCUT2D eigenvalue weighted by molar-refractivity contribution is 7.15. The molecule has 2 N–H and O–H groups in total. The van der Waals surface area contributed by atoms with Crippen LogP contribution in [0.1, 0.15) is 60.3 Å². The summed E-state index contributed by atoms with van der Waals surface area (Å²) in [7, 11) is 0. The number of H-pyrrole nitrogens is 1. The standard InChI is InChI=1S/C20H26N4O2S/c1-13-8-9-18(27-13)16-11-17(23-22-16)20(26)21-14-10-19(25)24(12-14)15-6-4-2-3-5-7-15/h8-9,11,14-15H,2-7,10,12H2,1H3,(H,21,26)(H,22,23)/t14-/m1/s1. The van der Waals surface area contributed by atoms with E-state index in [0.717, 1.165) is 23.4 Å². The summed E-state index contributed by atoms with van der Waals surface area (Å²) < 4.78 is 0. The van der Waals surface area contributed by atoms with Crippen LogP contribution in [-0.2, 0) is 4.79 Å². The van der Waals surface area contributed by atoms with Gasteiger partial charge in [0.2, 0.25) is 5.91 Å². The zero-order valence-corrected chi connectivity index (χ0v) is 16.5. The second-order valence-corrected chi connectivity index (χ2v) is 8.93. The second-order valence-electron chi connectivity index (χ2n) is 7.64. The van der Waals surface area contributed by atoms with Crippen molar-refractivity contribution in [1.82, 2.24) is 20.4 Å². The summed E-state index contributed by atoms with van der Waals surface area (Å²) in [6.07, 6.45) is 7.51. The number of amides is 2. The van der Waals surface area contributed by atoms with Crippen molar-refractivity contribution in [1.29, 1.82) is 0 Å². The molecule has 2 aromatic heterocycles. The van der Waals surface area contributed by atoms with Crippen molar-refractivity contribution in [3.05, 3.63) is 28.8 Å². The first-order valence-corrected chi connectivity index (χ1v) is 10.6. The number of nitrogens with zero attached hydrogens (tertiary/aromatic N) is 2. The number of hydrogen-bond acceptors (Lipinski definition) is 4. The summed E-state index contributed by atoms with van der Waals surface area (Å²) >= 11 is 1.66. The van der Waals surface area contributed by atoms with Crippen molar-refractivity contribution in [2.24, 2.45) is 0 Å². The van der Waals surface area contributed by atoms with Gasteiger partial charge in [0, 0.05) is 23.9 Å². The monoisotopic (exact) mass is 386 g/mol. The largest absolute Gasteiger partial charge is 0.346 e. The topological polar surface area (TPSA) is 78.1 Å². The lowest BCUT2D eigenvalue weighted by atomic mass is 10.1. The number of thiophene rings is 1. The van der Waals surface area contributed by atoms with Gasteiger partial charge in [-0.2, -0.15) is 5.10 Å². The van der Waals surface area contributed by atoms with Gasteiger partial charge in [0.05, 0.1) is 16.6 Å². The number of hydrogen-bond donors (Lipinski definition) is 2. The molecule has 1 saturated carbocycles. The molecule has 4 rings (SSSR count). The summed E-state index contributed by atoms with van der Waals surface area (Å²) in [5, 5.41) is 10.1. The summed E-state index contributed by atoms with van der Waals surface area (Å²) in [5.74, 6) is -0.0460. The predicted molar refractivity (Wildman–Crippen MR) is 106 cm³/mol. The highest BCUT2D eigenvalue weighted by Gasteiger charge is 2.35. The smallest absolute Gasteiger partial charge is 0.272 e. The van der Waals surface area contributed by atoms with E-state index in [1.165, 1.54) is 30.6 Å². The predicted octanol–water partition coefficient (Wildman–Crippen LogP) is 3.50. The quantitative estimate of drug-likeness (QED) is 0.790. The van der Waals surface area contributed by atoms with Crippen molar-refractivity contribution in [2.75, 3.05) is 6.54 Å². The first-order chi connectivity index (χ1) is 13.1. The number of rotatable bonds is 4. The molecule has 0 spiro atoms. The molecule has 2 aliphatic rings. The Labute approximate surface area is 163 Å². The maximum atomic E-state index is 12.6. The first-order valence-electron chi connectivity index (χ1n) is 9.82. The fourth-order valence-corrected chi connectivity index (χ4v) is 4.99. The highest BCUT2D eigenvalue weighted by Crippen LogP contribution is 2.27. The van der Waals surface area contributed by atoms with Crippen LogP contribution >= 0.6 is 11.3 Å². The Hall–Kier alpha value is -2.15. The molecular weight excluding hydrogens is 360 g/mol. The maximum absolute atomic E-state index is 12.6. The van der Waals surface area contributed by atoms with Gasteiger partial charge in [0.25, 0.3) is 5.91 Å². The molecule has 7 heteroatoms. The van der Waals surface area contributed by atoms with Gasteiger partial charge in [0.1, 0.15) is 0 Å². The van der Waals surface area contributed by atoms with E-state index in [-0.39, 0.29) is 17.9 Å². The fraction of sp³-hybridized carbons (Fsp3) is 0.550. The van der Waals surface area contributed by atoms with Crippen molar-refractivity contribution >= 4 is 23.2 Å². The third-order valence-corrected chi connectivity index (χ3v) is 6.61. The molecule has 27 heavy (non-hydrogen) atoms. The Kier molecular flexibility index (Phi) is 5.29. The molecule has 0 bridgehead atoms. The molecule has 2 aromatic rings. The lowest BCUT2D eigenvalue weighted by Crippen LogP contribution is -2.40. The van der Waals surface area contributed by atoms with Crippen LogP contribution in [0.25, 0.3) is 10.6 Å². The minimum Gasteiger partial charge on any atom is -0.346 e. The summed E-state index contributed by atoms with van der Waals surface area (Å²) in [6.45, 7) is 2.67. The normalized spacial score (nSPS) is 21.4. The Morgan fingerprint density at radius 3 is 2.74 bits per heavy atom. The van der Waals surface area contributed by atoms with Crippen LogP contribution in [0.4, 0.5) is 0 Å². The number of carbonyl (C=O) groups is 2. The molecule has 3 heterocycles. The summed E-state index contributed by atoms with van der Waals surface area (Å²) in [5.41, 5.74) is 1.22. The number of nitrogens with one attached hydrogen (secondary N) is 2. The summed E-state index contributed by atoms with van der Waals surface area (Å²) in [4.78, 5) is 29.3. The molecule has 2 fully saturated rings. The van der Waals surface area contributed by atoms with Gasteiger partial charge in [-0.05, 0) is 38.0 Å². The molecule has 144 valence electrons. The van der Waals surface area contributed by atoms with Crippen molar-refractivity contribution in [2.45, 2.75) is 64.0 Å². The molecule has 2 amide bonds. The van der Waals surface area contributed by atoms with E-state index in [4.69, 9.17) is 0 Å². The van der Waals surface area contributed by atoms with Gasteiger partial charge in [-0.3, -0.25) is 14.7 Å². The molecular formula is C20H26N4O2S. The van der Waals surface area contributed by atoms with Gasteiger partial charge < -0.3 is 10.2 Å². The van der Waals surface area contributed by atoms with Crippen LogP contribution in [0.3, 0.4) is 0 Å². The van der Waals surface area contributed by atoms with E-state index in [0.29, 0.717) is 24.7 Å². The Bertz CT molecular complexity index is 820. The molecule has 6 nitrogen and oxygen atoms in total. The van der Waals surface area contributed by atoms with E-state index >= 15 is 0 Å². The second kappa shape index (κ2) is 7.84. The van der Waals surface area contributed by atoms with E-state index in [1.54, 1.807) is 17.4 Å². The van der Waals surface area contributed by atoms with Crippen LogP contribution in [0.15, 0.2) is 18.2 Å². The SMILES string of the molecule is Cc1ccc(-c2cc(C(=O)N[C@@H]3CC(=O)N(C4CCCCCC4)C3)n[nH]2)s1. The van der Waals surface area contributed by atoms with Crippen molar-refractivity contribution in [3.63, 3.8) is 0 Å². The highest BCUT2D eigenvalue weighted by atomic mass is 32.1. The molecule has 0 radical (unpaired) electrons. The van der Waals surface area contributed by atoms with Crippen molar-refractivity contribution in [3.8, 4) is 10.6 Å². The third-order valence-electron chi connectivity index (χ3n) is 5.58. The van der Waals surface area contributed by atoms with Crippen LogP contribution in [-0.4, -0.2) is 45.5 Å². The number of carbonyl (C=O) groups excluding carboxylic acids is 2. The summed E-state index contributed by atoms with van der Waals surface area (Å²) in [6, 6.07) is 6.07. The average molecular weight is 387 g/mol. The van der Waals surface area contributed by atoms with Crippen LogP contribution in [0, 0.1) is 6.92 Å². The Morgan fingerprint density at radius 2 is 2.04 bits per heavy atom. The first kappa shape index (κ1) is 18.2. The van der Waals surface area contributed by atoms with E-state index in [1.807, 2.05) is 17.0 Å². The van der Waals surface area contributed by atoms with Gasteiger partial charge >= 0.3 is 0 Å². The maximum Gasteiger partial charge on any atom is 0.272 e. The molecule has 0 unspecified atom stereocenters. The van der Waals surface area contributed by atoms with E-state index < -0.39 is 0 Å². The molecule has 1 saturated heterocycles. The van der Waals surface area contributed by atoms with Gasteiger partial charge in [-0.1, -0.05) is 25.7 Å². The third kappa shape index (κ3) is 4.08. The number of aryl methyl sites for hydroxylation is 1. The molecule has 1 aliphatic heterocycles. The fourth-order valence-electron chi connectivity index (χ4n) is 4.15. The molecule has 1 atom stereocenters. The number of aromatic nitrogens is 2. The van der Waals surface area contributed by atoms with Gasteiger partial charge in [-0.15, -0.1) is 11.3 Å². The van der Waals surface area contributed by atoms with E-state index in [9.17, 15) is 9.59 Å². The van der Waals surface area contributed by atoms with Crippen LogP contribution in [0.5, 0.6) is 0 Å². The lowest BCUT2D eigenvalue weighted by molar-refractivity contribution is -0.129. The zero-order valence-electron chi connectivity index (χ0n) is 15.7. The lowest BCUT2D eigenvalue weighted by Gasteiger charge is -2.27. The zero-order chi connectivity index (χ0) is 18.8. The van der Waals surface area contributed by atoms with Crippen LogP contribution in [0.2, 0.25) is 0 Å². The minimum absolute atomic E-state index is 0.127. The average Bonchev–Trinajstić information content (AvgIpc) is 3.32. The van der Waals surface area contributed by atoms with Crippen molar-refractivity contribution < 1.29 is 9.59 Å². The molecule has 0 aromatic carbocycles. The minimum atomic E-state index is -0.216. The molecule has 1 aliphatic carbocycles. The number of aromatic amines is 1. The Balaban J connectivity index is 1.37. The van der Waals surface area contributed by atoms with E-state index in [2.05, 4.69) is 22.4 Å². The van der Waals surface area contributed by atoms with Crippen LogP contribution < -0.4 is 5.32 Å². The van der Waals surface area contributed by atoms with Gasteiger partial charge in [0.15, 0.2) is 5.69 Å².